The van der Waals surface area contributed by atoms with Crippen molar-refractivity contribution in [3.05, 3.63) is 72.1 Å². The van der Waals surface area contributed by atoms with Gasteiger partial charge in [0.25, 0.3) is 0 Å². The van der Waals surface area contributed by atoms with Gasteiger partial charge >= 0.3 is 0 Å². The molecule has 0 radical (unpaired) electrons. The molecule has 2 aromatic heterocycles. The monoisotopic (exact) mass is 382 g/mol. The van der Waals surface area contributed by atoms with Crippen LogP contribution in [0.25, 0.3) is 32.9 Å². The minimum absolute atomic E-state index is 0.540. The molecular formula is C24H22N4O. The van der Waals surface area contributed by atoms with Gasteiger partial charge in [-0.3, -0.25) is 15.4 Å². The number of ether oxygens (including phenoxy) is 1. The third-order valence-corrected chi connectivity index (χ3v) is 5.44. The van der Waals surface area contributed by atoms with E-state index >= 15 is 0 Å². The van der Waals surface area contributed by atoms with Crippen LogP contribution in [0.1, 0.15) is 11.3 Å². The first-order chi connectivity index (χ1) is 14.2. The Morgan fingerprint density at radius 3 is 2.69 bits per heavy atom. The van der Waals surface area contributed by atoms with Crippen LogP contribution in [0.5, 0.6) is 0 Å². The maximum atomic E-state index is 8.66. The van der Waals surface area contributed by atoms with Crippen LogP contribution in [-0.2, 0) is 4.74 Å². The highest BCUT2D eigenvalue weighted by Crippen LogP contribution is 2.31. The van der Waals surface area contributed by atoms with E-state index in [0.717, 1.165) is 57.3 Å². The zero-order chi connectivity index (χ0) is 19.8. The Balaban J connectivity index is 1.64. The van der Waals surface area contributed by atoms with Crippen LogP contribution < -0.4 is 0 Å². The number of fused-ring (bicyclic) bond motifs is 2. The fourth-order valence-corrected chi connectivity index (χ4v) is 3.93. The van der Waals surface area contributed by atoms with E-state index in [0.29, 0.717) is 19.0 Å². The highest BCUT2D eigenvalue weighted by molar-refractivity contribution is 6.03. The van der Waals surface area contributed by atoms with Gasteiger partial charge in [0.05, 0.1) is 24.2 Å². The van der Waals surface area contributed by atoms with Crippen molar-refractivity contribution in [3.8, 4) is 11.1 Å². The van der Waals surface area contributed by atoms with Crippen LogP contribution in [-0.4, -0.2) is 47.0 Å². The van der Waals surface area contributed by atoms with Crippen molar-refractivity contribution >= 4 is 27.6 Å². The molecule has 0 spiro atoms. The predicted molar refractivity (Wildman–Crippen MR) is 116 cm³/mol. The van der Waals surface area contributed by atoms with Crippen molar-refractivity contribution in [3.63, 3.8) is 0 Å². The molecular weight excluding hydrogens is 360 g/mol. The Kier molecular flexibility index (Phi) is 4.45. The van der Waals surface area contributed by atoms with E-state index in [-0.39, 0.29) is 0 Å². The van der Waals surface area contributed by atoms with E-state index in [1.807, 2.05) is 43.5 Å². The smallest absolute Gasteiger partial charge is 0.128 e. The summed E-state index contributed by atoms with van der Waals surface area (Å²) in [6.45, 7) is 4.87. The van der Waals surface area contributed by atoms with Crippen molar-refractivity contribution in [1.82, 2.24) is 14.9 Å². The van der Waals surface area contributed by atoms with Gasteiger partial charge in [0.2, 0.25) is 0 Å². The number of amidine groups is 1. The molecule has 0 unspecified atom stereocenters. The lowest BCUT2D eigenvalue weighted by Crippen LogP contribution is -2.40. The Bertz CT molecular complexity index is 1230. The quantitative estimate of drug-likeness (QED) is 0.412. The molecule has 4 aromatic rings. The Morgan fingerprint density at radius 2 is 1.83 bits per heavy atom. The minimum Gasteiger partial charge on any atom is -0.378 e. The van der Waals surface area contributed by atoms with E-state index < -0.39 is 0 Å². The summed E-state index contributed by atoms with van der Waals surface area (Å²) in [5, 5.41) is 10.8. The van der Waals surface area contributed by atoms with Gasteiger partial charge in [-0.05, 0) is 48.9 Å². The molecule has 29 heavy (non-hydrogen) atoms. The second kappa shape index (κ2) is 7.26. The van der Waals surface area contributed by atoms with Gasteiger partial charge in [-0.2, -0.15) is 0 Å². The predicted octanol–water partition coefficient (Wildman–Crippen LogP) is 4.42. The number of rotatable bonds is 2. The first-order valence-corrected chi connectivity index (χ1v) is 9.87. The first-order valence-electron chi connectivity index (χ1n) is 9.87. The standard InChI is InChI=1S/C24H22N4O/c1-16-12-20(19-13-17-4-2-3-5-22(17)26-15-19)21-14-18(6-7-23(21)27-16)24(25)28-8-10-29-11-9-28/h2-7,12-15,25H,8-11H2,1H3. The van der Waals surface area contributed by atoms with Crippen molar-refractivity contribution in [1.29, 1.82) is 5.41 Å². The number of hydrogen-bond donors (Lipinski definition) is 1. The summed E-state index contributed by atoms with van der Waals surface area (Å²) in [7, 11) is 0. The number of para-hydroxylation sites is 1. The third kappa shape index (κ3) is 3.34. The minimum atomic E-state index is 0.540. The van der Waals surface area contributed by atoms with E-state index in [1.165, 1.54) is 0 Å². The third-order valence-electron chi connectivity index (χ3n) is 5.44. The van der Waals surface area contributed by atoms with Gasteiger partial charge in [0.1, 0.15) is 5.84 Å². The average molecular weight is 382 g/mol. The van der Waals surface area contributed by atoms with Gasteiger partial charge in [-0.1, -0.05) is 18.2 Å². The SMILES string of the molecule is Cc1cc(-c2cnc3ccccc3c2)c2cc(C(=N)N3CCOCC3)ccc2n1. The highest BCUT2D eigenvalue weighted by atomic mass is 16.5. The molecule has 0 bridgehead atoms. The number of aryl methyl sites for hydroxylation is 1. The molecule has 0 aliphatic carbocycles. The van der Waals surface area contributed by atoms with Crippen LogP contribution in [0, 0.1) is 12.3 Å². The lowest BCUT2D eigenvalue weighted by atomic mass is 9.98. The van der Waals surface area contributed by atoms with Crippen molar-refractivity contribution in [2.45, 2.75) is 6.92 Å². The van der Waals surface area contributed by atoms with Crippen LogP contribution >= 0.6 is 0 Å². The van der Waals surface area contributed by atoms with Gasteiger partial charge in [-0.15, -0.1) is 0 Å². The molecule has 1 saturated heterocycles. The summed E-state index contributed by atoms with van der Waals surface area (Å²) < 4.78 is 5.43. The molecule has 5 rings (SSSR count). The van der Waals surface area contributed by atoms with Crippen LogP contribution in [0.4, 0.5) is 0 Å². The fourth-order valence-electron chi connectivity index (χ4n) is 3.93. The van der Waals surface area contributed by atoms with Crippen molar-refractivity contribution < 1.29 is 4.74 Å². The van der Waals surface area contributed by atoms with Crippen molar-refractivity contribution in [2.24, 2.45) is 0 Å². The zero-order valence-electron chi connectivity index (χ0n) is 16.4. The number of nitrogens with one attached hydrogen (secondary N) is 1. The van der Waals surface area contributed by atoms with Gasteiger partial charge in [-0.25, -0.2) is 0 Å². The van der Waals surface area contributed by atoms with E-state index in [2.05, 4.69) is 34.1 Å². The summed E-state index contributed by atoms with van der Waals surface area (Å²) in [5.74, 6) is 0.540. The molecule has 5 heteroatoms. The number of aromatic nitrogens is 2. The number of hydrogen-bond acceptors (Lipinski definition) is 4. The highest BCUT2D eigenvalue weighted by Gasteiger charge is 2.17. The number of morpholine rings is 1. The number of pyridine rings is 2. The molecule has 1 aliphatic heterocycles. The molecule has 1 N–H and O–H groups in total. The topological polar surface area (TPSA) is 62.1 Å². The molecule has 1 fully saturated rings. The van der Waals surface area contributed by atoms with Crippen molar-refractivity contribution in [2.75, 3.05) is 26.3 Å². The second-order valence-corrected chi connectivity index (χ2v) is 7.41. The van der Waals surface area contributed by atoms with Gasteiger partial charge in [0, 0.05) is 46.9 Å². The zero-order valence-corrected chi connectivity index (χ0v) is 16.4. The van der Waals surface area contributed by atoms with Crippen LogP contribution in [0.15, 0.2) is 60.8 Å². The lowest BCUT2D eigenvalue weighted by Gasteiger charge is -2.29. The fraction of sp³-hybridized carbons (Fsp3) is 0.208. The summed E-state index contributed by atoms with van der Waals surface area (Å²) in [5.41, 5.74) is 5.96. The molecule has 0 amide bonds. The number of benzene rings is 2. The number of nitrogens with zero attached hydrogens (tertiary/aromatic N) is 3. The maximum Gasteiger partial charge on any atom is 0.128 e. The molecule has 1 aliphatic rings. The lowest BCUT2D eigenvalue weighted by molar-refractivity contribution is 0.0680. The molecule has 2 aromatic carbocycles. The first kappa shape index (κ1) is 17.8. The summed E-state index contributed by atoms with van der Waals surface area (Å²) >= 11 is 0. The summed E-state index contributed by atoms with van der Waals surface area (Å²) in [6.07, 6.45) is 1.93. The van der Waals surface area contributed by atoms with Crippen LogP contribution in [0.2, 0.25) is 0 Å². The second-order valence-electron chi connectivity index (χ2n) is 7.41. The molecule has 144 valence electrons. The van der Waals surface area contributed by atoms with Crippen LogP contribution in [0.3, 0.4) is 0 Å². The molecule has 3 heterocycles. The van der Waals surface area contributed by atoms with E-state index in [9.17, 15) is 0 Å². The van der Waals surface area contributed by atoms with Gasteiger partial charge < -0.3 is 9.64 Å². The molecule has 0 atom stereocenters. The Hall–Kier alpha value is -3.31. The van der Waals surface area contributed by atoms with E-state index in [1.54, 1.807) is 0 Å². The summed E-state index contributed by atoms with van der Waals surface area (Å²) in [6, 6.07) is 18.5. The summed E-state index contributed by atoms with van der Waals surface area (Å²) in [4.78, 5) is 11.4. The Labute approximate surface area is 169 Å². The molecule has 0 saturated carbocycles. The normalized spacial score (nSPS) is 14.4. The van der Waals surface area contributed by atoms with E-state index in [4.69, 9.17) is 15.1 Å². The largest absolute Gasteiger partial charge is 0.378 e. The van der Waals surface area contributed by atoms with Gasteiger partial charge in [0.15, 0.2) is 0 Å². The average Bonchev–Trinajstić information content (AvgIpc) is 2.78. The molecule has 5 nitrogen and oxygen atoms in total. The Morgan fingerprint density at radius 1 is 1.00 bits per heavy atom. The maximum absolute atomic E-state index is 8.66.